The number of hydrogen-bond donors (Lipinski definition) is 0. The molecule has 1 saturated heterocycles. The molecule has 1 rings (SSSR count). The van der Waals surface area contributed by atoms with E-state index in [4.69, 9.17) is 16.3 Å². The Bertz CT molecular complexity index is 284. The second-order valence-corrected chi connectivity index (χ2v) is 4.17. The zero-order valence-electron chi connectivity index (χ0n) is 9.42. The van der Waals surface area contributed by atoms with Crippen LogP contribution in [0.4, 0.5) is 0 Å². The van der Waals surface area contributed by atoms with Crippen molar-refractivity contribution in [3.05, 3.63) is 35.0 Å². The first-order valence-electron chi connectivity index (χ1n) is 5.15. The van der Waals surface area contributed by atoms with Gasteiger partial charge in [-0.2, -0.15) is 0 Å². The van der Waals surface area contributed by atoms with Crippen molar-refractivity contribution in [2.24, 2.45) is 0 Å². The summed E-state index contributed by atoms with van der Waals surface area (Å²) in [5, 5.41) is 0.756. The molecular formula is C12H18ClNO. The van der Waals surface area contributed by atoms with Gasteiger partial charge in [0.15, 0.2) is 0 Å². The average Bonchev–Trinajstić information content (AvgIpc) is 2.19. The molecule has 1 aliphatic heterocycles. The lowest BCUT2D eigenvalue weighted by molar-refractivity contribution is 0.0553. The van der Waals surface area contributed by atoms with E-state index in [0.717, 1.165) is 37.0 Å². The van der Waals surface area contributed by atoms with Crippen LogP contribution in [-0.4, -0.2) is 31.2 Å². The van der Waals surface area contributed by atoms with Crippen LogP contribution in [0.2, 0.25) is 0 Å². The number of halogens is 1. The Labute approximate surface area is 96.9 Å². The lowest BCUT2D eigenvalue weighted by atomic mass is 10.2. The Kier molecular flexibility index (Phi) is 4.92. The summed E-state index contributed by atoms with van der Waals surface area (Å²) < 4.78 is 5.30. The van der Waals surface area contributed by atoms with Crippen LogP contribution in [0.3, 0.4) is 0 Å². The van der Waals surface area contributed by atoms with E-state index in [2.05, 4.69) is 11.5 Å². The molecular weight excluding hydrogens is 210 g/mol. The molecule has 15 heavy (non-hydrogen) atoms. The molecule has 2 nitrogen and oxygen atoms in total. The quantitative estimate of drug-likeness (QED) is 0.688. The molecule has 0 N–H and O–H groups in total. The monoisotopic (exact) mass is 227 g/mol. The van der Waals surface area contributed by atoms with Gasteiger partial charge < -0.3 is 9.64 Å². The van der Waals surface area contributed by atoms with Crippen molar-refractivity contribution in [1.82, 2.24) is 4.90 Å². The second-order valence-electron chi connectivity index (χ2n) is 3.76. The highest BCUT2D eigenvalue weighted by atomic mass is 35.5. The van der Waals surface area contributed by atoms with Crippen LogP contribution < -0.4 is 0 Å². The van der Waals surface area contributed by atoms with Crippen molar-refractivity contribution in [3.8, 4) is 0 Å². The van der Waals surface area contributed by atoms with Gasteiger partial charge in [-0.1, -0.05) is 23.8 Å². The molecule has 1 fully saturated rings. The van der Waals surface area contributed by atoms with Crippen molar-refractivity contribution in [2.45, 2.75) is 13.8 Å². The van der Waals surface area contributed by atoms with Crippen LogP contribution in [0.1, 0.15) is 13.8 Å². The third-order valence-electron chi connectivity index (χ3n) is 2.21. The predicted octanol–water partition coefficient (Wildman–Crippen LogP) is 2.92. The largest absolute Gasteiger partial charge is 0.378 e. The second kappa shape index (κ2) is 5.99. The lowest BCUT2D eigenvalue weighted by Crippen LogP contribution is -2.35. The van der Waals surface area contributed by atoms with Gasteiger partial charge in [0.1, 0.15) is 0 Å². The van der Waals surface area contributed by atoms with Gasteiger partial charge in [0.05, 0.1) is 23.9 Å². The first-order chi connectivity index (χ1) is 7.15. The number of morpholine rings is 1. The molecule has 3 heteroatoms. The van der Waals surface area contributed by atoms with Crippen LogP contribution in [0.5, 0.6) is 0 Å². The van der Waals surface area contributed by atoms with E-state index in [1.807, 2.05) is 26.0 Å². The zero-order valence-corrected chi connectivity index (χ0v) is 10.2. The maximum absolute atomic E-state index is 6.22. The normalized spacial score (nSPS) is 18.2. The van der Waals surface area contributed by atoms with Gasteiger partial charge in [0, 0.05) is 13.1 Å². The van der Waals surface area contributed by atoms with E-state index in [1.54, 1.807) is 0 Å². The van der Waals surface area contributed by atoms with Crippen molar-refractivity contribution >= 4 is 11.6 Å². The minimum absolute atomic E-state index is 0.756. The number of rotatable bonds is 3. The topological polar surface area (TPSA) is 12.5 Å². The third-order valence-corrected chi connectivity index (χ3v) is 2.51. The Hall–Kier alpha value is -0.730. The van der Waals surface area contributed by atoms with E-state index in [9.17, 15) is 0 Å². The van der Waals surface area contributed by atoms with Crippen molar-refractivity contribution < 1.29 is 4.74 Å². The molecule has 0 saturated carbocycles. The Balaban J connectivity index is 2.84. The fraction of sp³-hybridized carbons (Fsp3) is 0.500. The summed E-state index contributed by atoms with van der Waals surface area (Å²) in [6, 6.07) is 0. The van der Waals surface area contributed by atoms with Gasteiger partial charge in [-0.25, -0.2) is 0 Å². The molecule has 0 aromatic rings. The van der Waals surface area contributed by atoms with E-state index in [1.165, 1.54) is 5.57 Å². The van der Waals surface area contributed by atoms with Gasteiger partial charge >= 0.3 is 0 Å². The highest BCUT2D eigenvalue weighted by Crippen LogP contribution is 2.19. The average molecular weight is 228 g/mol. The SMILES string of the molecule is C=CC(=C(Cl)C=C(C)C)N1CCOCC1. The molecule has 1 aliphatic rings. The van der Waals surface area contributed by atoms with Crippen molar-refractivity contribution in [2.75, 3.05) is 26.3 Å². The maximum Gasteiger partial charge on any atom is 0.0642 e. The number of allylic oxidation sites excluding steroid dienone is 4. The summed E-state index contributed by atoms with van der Waals surface area (Å²) in [4.78, 5) is 2.21. The van der Waals surface area contributed by atoms with E-state index in [0.29, 0.717) is 0 Å². The van der Waals surface area contributed by atoms with Crippen LogP contribution in [0.25, 0.3) is 0 Å². The molecule has 0 bridgehead atoms. The molecule has 0 atom stereocenters. The Morgan fingerprint density at radius 1 is 1.33 bits per heavy atom. The number of nitrogens with zero attached hydrogens (tertiary/aromatic N) is 1. The van der Waals surface area contributed by atoms with Gasteiger partial charge in [-0.3, -0.25) is 0 Å². The van der Waals surface area contributed by atoms with Crippen LogP contribution in [0, 0.1) is 0 Å². The van der Waals surface area contributed by atoms with Gasteiger partial charge in [0.25, 0.3) is 0 Å². The summed E-state index contributed by atoms with van der Waals surface area (Å²) >= 11 is 6.22. The summed E-state index contributed by atoms with van der Waals surface area (Å²) in [6.07, 6.45) is 3.78. The molecule has 0 aliphatic carbocycles. The van der Waals surface area contributed by atoms with Crippen molar-refractivity contribution in [1.29, 1.82) is 0 Å². The molecule has 0 spiro atoms. The predicted molar refractivity (Wildman–Crippen MR) is 64.9 cm³/mol. The lowest BCUT2D eigenvalue weighted by Gasteiger charge is -2.30. The summed E-state index contributed by atoms with van der Waals surface area (Å²) in [5.74, 6) is 0. The smallest absolute Gasteiger partial charge is 0.0642 e. The fourth-order valence-corrected chi connectivity index (χ4v) is 1.92. The minimum atomic E-state index is 0.756. The molecule has 0 aromatic heterocycles. The highest BCUT2D eigenvalue weighted by molar-refractivity contribution is 6.31. The van der Waals surface area contributed by atoms with Crippen LogP contribution in [0.15, 0.2) is 35.0 Å². The molecule has 0 aromatic carbocycles. The summed E-state index contributed by atoms with van der Waals surface area (Å²) in [5.41, 5.74) is 2.19. The molecule has 0 unspecified atom stereocenters. The van der Waals surface area contributed by atoms with Gasteiger partial charge in [-0.05, 0) is 26.0 Å². The molecule has 1 heterocycles. The van der Waals surface area contributed by atoms with Crippen LogP contribution >= 0.6 is 11.6 Å². The molecule has 84 valence electrons. The summed E-state index contributed by atoms with van der Waals surface area (Å²) in [6.45, 7) is 11.2. The minimum Gasteiger partial charge on any atom is -0.378 e. The first-order valence-corrected chi connectivity index (χ1v) is 5.52. The molecule has 0 amide bonds. The Morgan fingerprint density at radius 2 is 1.93 bits per heavy atom. The number of ether oxygens (including phenoxy) is 1. The number of hydrogen-bond acceptors (Lipinski definition) is 2. The maximum atomic E-state index is 6.22. The van der Waals surface area contributed by atoms with Crippen LogP contribution in [-0.2, 0) is 4.74 Å². The van der Waals surface area contributed by atoms with Gasteiger partial charge in [-0.15, -0.1) is 0 Å². The fourth-order valence-electron chi connectivity index (χ4n) is 1.51. The van der Waals surface area contributed by atoms with E-state index >= 15 is 0 Å². The standard InChI is InChI=1S/C12H18ClNO/c1-4-12(11(13)9-10(2)3)14-5-7-15-8-6-14/h4,9H,1,5-8H2,2-3H3. The van der Waals surface area contributed by atoms with Gasteiger partial charge in [0.2, 0.25) is 0 Å². The van der Waals surface area contributed by atoms with E-state index < -0.39 is 0 Å². The highest BCUT2D eigenvalue weighted by Gasteiger charge is 2.13. The third kappa shape index (κ3) is 3.73. The Morgan fingerprint density at radius 3 is 2.40 bits per heavy atom. The summed E-state index contributed by atoms with van der Waals surface area (Å²) in [7, 11) is 0. The van der Waals surface area contributed by atoms with Crippen molar-refractivity contribution in [3.63, 3.8) is 0 Å². The zero-order chi connectivity index (χ0) is 11.3. The molecule has 0 radical (unpaired) electrons. The first kappa shape index (κ1) is 12.3. The van der Waals surface area contributed by atoms with E-state index in [-0.39, 0.29) is 0 Å².